The lowest BCUT2D eigenvalue weighted by atomic mass is 10.1. The van der Waals surface area contributed by atoms with Gasteiger partial charge >= 0.3 is 0 Å². The fourth-order valence-corrected chi connectivity index (χ4v) is 2.71. The Labute approximate surface area is 116 Å². The van der Waals surface area contributed by atoms with Crippen LogP contribution in [-0.4, -0.2) is 31.0 Å². The average molecular weight is 272 g/mol. The topological polar surface area (TPSA) is 52.6 Å². The van der Waals surface area contributed by atoms with E-state index in [2.05, 4.69) is 10.3 Å². The number of benzene rings is 1. The number of hydrogen-bond donors (Lipinski definition) is 1. The minimum atomic E-state index is 0.187. The number of aromatic nitrogens is 1. The number of ether oxygens (including phenoxy) is 3. The van der Waals surface area contributed by atoms with Crippen LogP contribution in [0.1, 0.15) is 12.8 Å². The van der Waals surface area contributed by atoms with Gasteiger partial charge in [-0.15, -0.1) is 0 Å². The van der Waals surface area contributed by atoms with E-state index in [1.54, 1.807) is 6.20 Å². The second-order valence-electron chi connectivity index (χ2n) is 5.13. The Morgan fingerprint density at radius 1 is 1.25 bits per heavy atom. The third kappa shape index (κ3) is 2.04. The van der Waals surface area contributed by atoms with E-state index in [1.165, 1.54) is 0 Å². The minimum Gasteiger partial charge on any atom is -0.473 e. The van der Waals surface area contributed by atoms with Crippen molar-refractivity contribution in [2.45, 2.75) is 18.9 Å². The number of fused-ring (bicyclic) bond motifs is 2. The van der Waals surface area contributed by atoms with Gasteiger partial charge in [0.25, 0.3) is 0 Å². The first-order valence-electron chi connectivity index (χ1n) is 6.96. The van der Waals surface area contributed by atoms with Crippen LogP contribution in [0.25, 0.3) is 10.8 Å². The highest BCUT2D eigenvalue weighted by Crippen LogP contribution is 2.38. The SMILES string of the molecule is c1cc2cc3c(cc2c(O[C@H]2CCCNC2)n1)OCO3. The van der Waals surface area contributed by atoms with Crippen molar-refractivity contribution in [1.29, 1.82) is 0 Å². The number of nitrogens with one attached hydrogen (secondary N) is 1. The van der Waals surface area contributed by atoms with E-state index in [9.17, 15) is 0 Å². The Kier molecular flexibility index (Phi) is 2.85. The second kappa shape index (κ2) is 4.83. The molecule has 2 aliphatic rings. The Hall–Kier alpha value is -2.01. The highest BCUT2D eigenvalue weighted by Gasteiger charge is 2.19. The molecular weight excluding hydrogens is 256 g/mol. The monoisotopic (exact) mass is 272 g/mol. The molecule has 20 heavy (non-hydrogen) atoms. The Morgan fingerprint density at radius 3 is 3.00 bits per heavy atom. The normalized spacial score (nSPS) is 21.1. The average Bonchev–Trinajstić information content (AvgIpc) is 2.94. The van der Waals surface area contributed by atoms with Crippen molar-refractivity contribution >= 4 is 10.8 Å². The van der Waals surface area contributed by atoms with Crippen LogP contribution >= 0.6 is 0 Å². The lowest BCUT2D eigenvalue weighted by Crippen LogP contribution is -2.37. The van der Waals surface area contributed by atoms with Gasteiger partial charge in [0.2, 0.25) is 12.7 Å². The molecule has 1 aromatic heterocycles. The zero-order chi connectivity index (χ0) is 13.4. The van der Waals surface area contributed by atoms with Crippen molar-refractivity contribution < 1.29 is 14.2 Å². The van der Waals surface area contributed by atoms with Crippen LogP contribution in [0.5, 0.6) is 17.4 Å². The van der Waals surface area contributed by atoms with Crippen molar-refractivity contribution in [2.24, 2.45) is 0 Å². The van der Waals surface area contributed by atoms with E-state index in [1.807, 2.05) is 18.2 Å². The summed E-state index contributed by atoms with van der Waals surface area (Å²) in [6.45, 7) is 2.23. The number of hydrogen-bond acceptors (Lipinski definition) is 5. The van der Waals surface area contributed by atoms with Gasteiger partial charge in [0.15, 0.2) is 11.5 Å². The number of nitrogens with zero attached hydrogens (tertiary/aromatic N) is 1. The molecular formula is C15H16N2O3. The van der Waals surface area contributed by atoms with Gasteiger partial charge in [-0.05, 0) is 43.0 Å². The maximum Gasteiger partial charge on any atom is 0.231 e. The predicted molar refractivity (Wildman–Crippen MR) is 74.4 cm³/mol. The van der Waals surface area contributed by atoms with Crippen LogP contribution in [-0.2, 0) is 0 Å². The molecule has 1 atom stereocenters. The summed E-state index contributed by atoms with van der Waals surface area (Å²) in [7, 11) is 0. The molecule has 0 saturated carbocycles. The maximum absolute atomic E-state index is 6.06. The molecule has 0 spiro atoms. The zero-order valence-corrected chi connectivity index (χ0v) is 11.1. The number of piperidine rings is 1. The summed E-state index contributed by atoms with van der Waals surface area (Å²) in [4.78, 5) is 4.38. The van der Waals surface area contributed by atoms with Crippen LogP contribution < -0.4 is 19.5 Å². The summed E-state index contributed by atoms with van der Waals surface area (Å²) < 4.78 is 16.9. The third-order valence-electron chi connectivity index (χ3n) is 3.75. The predicted octanol–water partition coefficient (Wildman–Crippen LogP) is 2.09. The molecule has 1 saturated heterocycles. The second-order valence-corrected chi connectivity index (χ2v) is 5.13. The van der Waals surface area contributed by atoms with Crippen LogP contribution in [0, 0.1) is 0 Å². The van der Waals surface area contributed by atoms with E-state index in [4.69, 9.17) is 14.2 Å². The summed E-state index contributed by atoms with van der Waals surface area (Å²) in [6.07, 6.45) is 4.17. The first-order chi connectivity index (χ1) is 9.90. The van der Waals surface area contributed by atoms with Gasteiger partial charge in [-0.3, -0.25) is 0 Å². The van der Waals surface area contributed by atoms with Gasteiger partial charge < -0.3 is 19.5 Å². The molecule has 5 nitrogen and oxygen atoms in total. The standard InChI is InChI=1S/C15H16N2O3/c1-2-11(8-16-4-1)20-15-12-7-14-13(18-9-19-14)6-10(12)3-5-17-15/h3,5-7,11,16H,1-2,4,8-9H2/t11-/m0/s1. The molecule has 1 aromatic carbocycles. The van der Waals surface area contributed by atoms with Gasteiger partial charge in [0, 0.05) is 18.1 Å². The first-order valence-corrected chi connectivity index (χ1v) is 6.96. The molecule has 0 unspecified atom stereocenters. The maximum atomic E-state index is 6.06. The Morgan fingerprint density at radius 2 is 2.15 bits per heavy atom. The van der Waals surface area contributed by atoms with Crippen LogP contribution in [0.4, 0.5) is 0 Å². The Balaban J connectivity index is 1.71. The summed E-state index contributed by atoms with van der Waals surface area (Å²) in [5.74, 6) is 2.22. The lowest BCUT2D eigenvalue weighted by Gasteiger charge is -2.23. The van der Waals surface area contributed by atoms with Gasteiger partial charge in [0.1, 0.15) is 6.10 Å². The minimum absolute atomic E-state index is 0.187. The molecule has 0 amide bonds. The lowest BCUT2D eigenvalue weighted by molar-refractivity contribution is 0.163. The van der Waals surface area contributed by atoms with E-state index < -0.39 is 0 Å². The quantitative estimate of drug-likeness (QED) is 0.907. The zero-order valence-electron chi connectivity index (χ0n) is 11.1. The first kappa shape index (κ1) is 11.8. The molecule has 4 rings (SSSR count). The van der Waals surface area contributed by atoms with Gasteiger partial charge in [-0.2, -0.15) is 0 Å². The van der Waals surface area contributed by atoms with Crippen LogP contribution in [0.3, 0.4) is 0 Å². The molecule has 1 N–H and O–H groups in total. The summed E-state index contributed by atoms with van der Waals surface area (Å²) >= 11 is 0. The molecule has 104 valence electrons. The van der Waals surface area contributed by atoms with E-state index in [-0.39, 0.29) is 12.9 Å². The van der Waals surface area contributed by atoms with Crippen molar-refractivity contribution in [3.8, 4) is 17.4 Å². The third-order valence-corrected chi connectivity index (χ3v) is 3.75. The van der Waals surface area contributed by atoms with Gasteiger partial charge in [0.05, 0.1) is 0 Å². The highest BCUT2D eigenvalue weighted by molar-refractivity contribution is 5.90. The fraction of sp³-hybridized carbons (Fsp3) is 0.400. The molecule has 0 radical (unpaired) electrons. The number of pyridine rings is 1. The Bertz CT molecular complexity index is 638. The summed E-state index contributed by atoms with van der Waals surface area (Å²) in [5, 5.41) is 5.38. The van der Waals surface area contributed by atoms with Gasteiger partial charge in [-0.1, -0.05) is 0 Å². The molecule has 5 heteroatoms. The molecule has 2 aromatic rings. The van der Waals surface area contributed by atoms with Crippen molar-refractivity contribution in [3.05, 3.63) is 24.4 Å². The van der Waals surface area contributed by atoms with Gasteiger partial charge in [-0.25, -0.2) is 4.98 Å². The fourth-order valence-electron chi connectivity index (χ4n) is 2.71. The van der Waals surface area contributed by atoms with Crippen LogP contribution in [0.2, 0.25) is 0 Å². The molecule has 0 bridgehead atoms. The smallest absolute Gasteiger partial charge is 0.231 e. The largest absolute Gasteiger partial charge is 0.473 e. The van der Waals surface area contributed by atoms with E-state index in [0.29, 0.717) is 5.88 Å². The van der Waals surface area contributed by atoms with Crippen molar-refractivity contribution in [1.82, 2.24) is 10.3 Å². The van der Waals surface area contributed by atoms with Crippen molar-refractivity contribution in [2.75, 3.05) is 19.9 Å². The molecule has 1 fully saturated rings. The molecule has 2 aliphatic heterocycles. The van der Waals surface area contributed by atoms with E-state index in [0.717, 1.165) is 48.2 Å². The van der Waals surface area contributed by atoms with E-state index >= 15 is 0 Å². The summed E-state index contributed by atoms with van der Waals surface area (Å²) in [6, 6.07) is 5.89. The highest BCUT2D eigenvalue weighted by atomic mass is 16.7. The summed E-state index contributed by atoms with van der Waals surface area (Å²) in [5.41, 5.74) is 0. The van der Waals surface area contributed by atoms with Crippen molar-refractivity contribution in [3.63, 3.8) is 0 Å². The molecule has 0 aliphatic carbocycles. The number of rotatable bonds is 2. The van der Waals surface area contributed by atoms with Crippen LogP contribution in [0.15, 0.2) is 24.4 Å². The molecule has 3 heterocycles.